The van der Waals surface area contributed by atoms with Crippen LogP contribution in [0.5, 0.6) is 5.75 Å². The minimum Gasteiger partial charge on any atom is -0.489 e. The van der Waals surface area contributed by atoms with E-state index in [9.17, 15) is 4.39 Å². The zero-order chi connectivity index (χ0) is 15.4. The number of rotatable bonds is 5. The normalized spacial score (nSPS) is 12.2. The van der Waals surface area contributed by atoms with Crippen molar-refractivity contribution in [2.75, 3.05) is 7.05 Å². The first-order chi connectivity index (χ1) is 10.0. The predicted molar refractivity (Wildman–Crippen MR) is 84.4 cm³/mol. The van der Waals surface area contributed by atoms with E-state index in [1.807, 2.05) is 19.2 Å². The summed E-state index contributed by atoms with van der Waals surface area (Å²) >= 11 is 5.78. The molecule has 0 aliphatic heterocycles. The van der Waals surface area contributed by atoms with Gasteiger partial charge in [-0.05, 0) is 44.7 Å². The van der Waals surface area contributed by atoms with Gasteiger partial charge in [-0.2, -0.15) is 0 Å². The van der Waals surface area contributed by atoms with E-state index in [2.05, 4.69) is 25.2 Å². The zero-order valence-electron chi connectivity index (χ0n) is 12.4. The fourth-order valence-electron chi connectivity index (χ4n) is 2.08. The lowest BCUT2D eigenvalue weighted by Crippen LogP contribution is -2.14. The lowest BCUT2D eigenvalue weighted by atomic mass is 10.0. The van der Waals surface area contributed by atoms with Crippen molar-refractivity contribution in [2.24, 2.45) is 0 Å². The Morgan fingerprint density at radius 2 is 2.00 bits per heavy atom. The van der Waals surface area contributed by atoms with Crippen LogP contribution in [-0.4, -0.2) is 7.05 Å². The molecule has 0 bridgehead atoms. The third-order valence-corrected chi connectivity index (χ3v) is 3.73. The monoisotopic (exact) mass is 307 g/mol. The summed E-state index contributed by atoms with van der Waals surface area (Å²) in [6, 6.07) is 10.9. The average molecular weight is 308 g/mol. The molecule has 0 saturated carbocycles. The number of halogens is 2. The molecule has 1 unspecified atom stereocenters. The fourth-order valence-corrected chi connectivity index (χ4v) is 2.29. The zero-order valence-corrected chi connectivity index (χ0v) is 13.2. The van der Waals surface area contributed by atoms with E-state index in [0.717, 1.165) is 16.9 Å². The Bertz CT molecular complexity index is 630. The van der Waals surface area contributed by atoms with Crippen LogP contribution in [0.4, 0.5) is 4.39 Å². The molecular formula is C17H19ClFNO. The lowest BCUT2D eigenvalue weighted by molar-refractivity contribution is 0.300. The van der Waals surface area contributed by atoms with Gasteiger partial charge < -0.3 is 10.1 Å². The number of hydrogen-bond acceptors (Lipinski definition) is 2. The molecule has 0 aliphatic carbocycles. The van der Waals surface area contributed by atoms with Crippen molar-refractivity contribution in [3.8, 4) is 5.75 Å². The molecule has 0 spiro atoms. The highest BCUT2D eigenvalue weighted by Gasteiger charge is 2.11. The highest BCUT2D eigenvalue weighted by atomic mass is 35.5. The van der Waals surface area contributed by atoms with Crippen LogP contribution < -0.4 is 10.1 Å². The van der Waals surface area contributed by atoms with Crippen LogP contribution in [0.1, 0.15) is 29.7 Å². The maximum Gasteiger partial charge on any atom is 0.141 e. The van der Waals surface area contributed by atoms with Gasteiger partial charge in [-0.3, -0.25) is 0 Å². The number of benzene rings is 2. The minimum atomic E-state index is -0.416. The average Bonchev–Trinajstić information content (AvgIpc) is 2.48. The van der Waals surface area contributed by atoms with E-state index < -0.39 is 5.82 Å². The van der Waals surface area contributed by atoms with Gasteiger partial charge in [0.15, 0.2) is 0 Å². The summed E-state index contributed by atoms with van der Waals surface area (Å²) in [4.78, 5) is 0. The smallest absolute Gasteiger partial charge is 0.141 e. The van der Waals surface area contributed by atoms with E-state index in [1.54, 1.807) is 12.1 Å². The minimum absolute atomic E-state index is 0.115. The molecule has 2 aromatic carbocycles. The van der Waals surface area contributed by atoms with Crippen molar-refractivity contribution >= 4 is 11.6 Å². The van der Waals surface area contributed by atoms with Gasteiger partial charge in [0.1, 0.15) is 18.2 Å². The Balaban J connectivity index is 2.17. The van der Waals surface area contributed by atoms with E-state index >= 15 is 0 Å². The van der Waals surface area contributed by atoms with Gasteiger partial charge in [-0.15, -0.1) is 0 Å². The molecule has 1 N–H and O–H groups in total. The van der Waals surface area contributed by atoms with E-state index in [1.165, 1.54) is 11.6 Å². The van der Waals surface area contributed by atoms with Crippen LogP contribution in [0.25, 0.3) is 0 Å². The van der Waals surface area contributed by atoms with Crippen molar-refractivity contribution in [3.05, 3.63) is 63.9 Å². The van der Waals surface area contributed by atoms with Crippen molar-refractivity contribution in [2.45, 2.75) is 26.5 Å². The summed E-state index contributed by atoms with van der Waals surface area (Å²) in [7, 11) is 1.91. The third kappa shape index (κ3) is 3.96. The van der Waals surface area contributed by atoms with Gasteiger partial charge in [-0.25, -0.2) is 4.39 Å². The first kappa shape index (κ1) is 15.8. The molecule has 2 aromatic rings. The number of nitrogens with one attached hydrogen (secondary N) is 1. The van der Waals surface area contributed by atoms with Crippen LogP contribution >= 0.6 is 11.6 Å². The van der Waals surface area contributed by atoms with Crippen LogP contribution in [-0.2, 0) is 6.61 Å². The van der Waals surface area contributed by atoms with Crippen molar-refractivity contribution in [1.29, 1.82) is 0 Å². The van der Waals surface area contributed by atoms with Gasteiger partial charge in [0.25, 0.3) is 0 Å². The van der Waals surface area contributed by atoms with Crippen molar-refractivity contribution in [3.63, 3.8) is 0 Å². The van der Waals surface area contributed by atoms with Crippen molar-refractivity contribution < 1.29 is 9.13 Å². The molecule has 1 atom stereocenters. The third-order valence-electron chi connectivity index (χ3n) is 3.44. The number of aryl methyl sites for hydroxylation is 1. The van der Waals surface area contributed by atoms with Crippen LogP contribution in [0.15, 0.2) is 36.4 Å². The second kappa shape index (κ2) is 6.92. The summed E-state index contributed by atoms with van der Waals surface area (Å²) in [5.74, 6) is 0.406. The maximum absolute atomic E-state index is 13.1. The highest BCUT2D eigenvalue weighted by molar-refractivity contribution is 6.30. The Morgan fingerprint density at radius 1 is 1.24 bits per heavy atom. The molecule has 0 aliphatic rings. The van der Waals surface area contributed by atoms with Crippen LogP contribution in [0.2, 0.25) is 5.02 Å². The fraction of sp³-hybridized carbons (Fsp3) is 0.294. The van der Waals surface area contributed by atoms with Gasteiger partial charge in [-0.1, -0.05) is 35.4 Å². The van der Waals surface area contributed by atoms with Crippen molar-refractivity contribution in [1.82, 2.24) is 5.32 Å². The molecule has 0 aromatic heterocycles. The standard InChI is InChI=1S/C17H19ClFNO/c1-11-4-7-17(14(8-11)12(2)20-3)21-10-13-5-6-16(19)15(18)9-13/h4-9,12,20H,10H2,1-3H3. The summed E-state index contributed by atoms with van der Waals surface area (Å²) in [6.07, 6.45) is 0. The molecule has 4 heteroatoms. The summed E-state index contributed by atoms with van der Waals surface area (Å²) < 4.78 is 19.0. The number of ether oxygens (including phenoxy) is 1. The molecule has 0 saturated heterocycles. The predicted octanol–water partition coefficient (Wildman–Crippen LogP) is 4.65. The second-order valence-electron chi connectivity index (χ2n) is 5.09. The van der Waals surface area contributed by atoms with Gasteiger partial charge in [0.2, 0.25) is 0 Å². The first-order valence-electron chi connectivity index (χ1n) is 6.86. The molecule has 21 heavy (non-hydrogen) atoms. The van der Waals surface area contributed by atoms with E-state index in [-0.39, 0.29) is 11.1 Å². The first-order valence-corrected chi connectivity index (χ1v) is 7.23. The maximum atomic E-state index is 13.1. The molecular weight excluding hydrogens is 289 g/mol. The molecule has 0 amide bonds. The Morgan fingerprint density at radius 3 is 2.67 bits per heavy atom. The topological polar surface area (TPSA) is 21.3 Å². The van der Waals surface area contributed by atoms with Crippen LogP contribution in [0, 0.1) is 12.7 Å². The molecule has 0 radical (unpaired) electrons. The quantitative estimate of drug-likeness (QED) is 0.868. The molecule has 0 heterocycles. The van der Waals surface area contributed by atoms with Gasteiger partial charge >= 0.3 is 0 Å². The Hall–Kier alpha value is -1.58. The lowest BCUT2D eigenvalue weighted by Gasteiger charge is -2.17. The van der Waals surface area contributed by atoms with E-state index in [4.69, 9.17) is 16.3 Å². The molecule has 2 rings (SSSR count). The molecule has 112 valence electrons. The number of hydrogen-bond donors (Lipinski definition) is 1. The summed E-state index contributed by atoms with van der Waals surface area (Å²) in [6.45, 7) is 4.48. The van der Waals surface area contributed by atoms with Crippen LogP contribution in [0.3, 0.4) is 0 Å². The summed E-state index contributed by atoms with van der Waals surface area (Å²) in [5, 5.41) is 3.33. The highest BCUT2D eigenvalue weighted by Crippen LogP contribution is 2.27. The van der Waals surface area contributed by atoms with Gasteiger partial charge in [0.05, 0.1) is 5.02 Å². The molecule has 2 nitrogen and oxygen atoms in total. The van der Waals surface area contributed by atoms with E-state index in [0.29, 0.717) is 6.61 Å². The molecule has 0 fully saturated rings. The van der Waals surface area contributed by atoms with Gasteiger partial charge in [0, 0.05) is 11.6 Å². The summed E-state index contributed by atoms with van der Waals surface area (Å²) in [5.41, 5.74) is 3.13. The SMILES string of the molecule is CNC(C)c1cc(C)ccc1OCc1ccc(F)c(Cl)c1. The Labute approximate surface area is 129 Å². The largest absolute Gasteiger partial charge is 0.489 e. The Kier molecular flexibility index (Phi) is 5.21. The second-order valence-corrected chi connectivity index (χ2v) is 5.50.